The molecule has 1 N–H and O–H groups in total. The Morgan fingerprint density at radius 3 is 2.40 bits per heavy atom. The molecule has 35 heavy (non-hydrogen) atoms. The van der Waals surface area contributed by atoms with Crippen LogP contribution in [0.2, 0.25) is 0 Å². The van der Waals surface area contributed by atoms with Gasteiger partial charge in [-0.1, -0.05) is 46.3 Å². The third-order valence-electron chi connectivity index (χ3n) is 5.06. The zero-order valence-corrected chi connectivity index (χ0v) is 22.6. The summed E-state index contributed by atoms with van der Waals surface area (Å²) in [6, 6.07) is 20.4. The van der Waals surface area contributed by atoms with Gasteiger partial charge in [0.15, 0.2) is 16.6 Å². The molecule has 1 fully saturated rings. The van der Waals surface area contributed by atoms with E-state index in [4.69, 9.17) is 21.7 Å². The van der Waals surface area contributed by atoms with E-state index in [1.807, 2.05) is 37.3 Å². The van der Waals surface area contributed by atoms with Crippen LogP contribution in [-0.4, -0.2) is 23.5 Å². The van der Waals surface area contributed by atoms with E-state index in [0.29, 0.717) is 40.4 Å². The Balaban J connectivity index is 1.66. The number of nitrogens with zero attached hydrogens (tertiary/aromatic N) is 1. The van der Waals surface area contributed by atoms with Crippen molar-refractivity contribution < 1.29 is 19.1 Å². The van der Waals surface area contributed by atoms with Crippen LogP contribution in [0, 0.1) is 0 Å². The van der Waals surface area contributed by atoms with E-state index in [9.17, 15) is 9.59 Å². The van der Waals surface area contributed by atoms with Gasteiger partial charge in [0.1, 0.15) is 12.2 Å². The molecule has 3 aromatic carbocycles. The molecule has 0 saturated carbocycles. The SMILES string of the molecule is CCOc1cc(/C=C2\C(=O)NC(=S)N(c3ccc(Br)cc3)C2=O)cc(Br)c1OCc1ccccc1. The molecule has 1 saturated heterocycles. The topological polar surface area (TPSA) is 67.9 Å². The van der Waals surface area contributed by atoms with Crippen molar-refractivity contribution in [3.63, 3.8) is 0 Å². The maximum Gasteiger partial charge on any atom is 0.270 e. The van der Waals surface area contributed by atoms with Crippen LogP contribution in [0.25, 0.3) is 6.08 Å². The van der Waals surface area contributed by atoms with E-state index in [1.165, 1.54) is 11.0 Å². The number of thiocarbonyl (C=S) groups is 1. The number of anilines is 1. The summed E-state index contributed by atoms with van der Waals surface area (Å²) in [5.74, 6) is -0.0463. The fourth-order valence-corrected chi connectivity index (χ4v) is 4.57. The first kappa shape index (κ1) is 25.1. The molecule has 0 spiro atoms. The number of amides is 2. The van der Waals surface area contributed by atoms with Gasteiger partial charge < -0.3 is 9.47 Å². The number of nitrogens with one attached hydrogen (secondary N) is 1. The maximum atomic E-state index is 13.3. The Labute approximate surface area is 225 Å². The lowest BCUT2D eigenvalue weighted by Crippen LogP contribution is -2.54. The summed E-state index contributed by atoms with van der Waals surface area (Å²) in [5, 5.41) is 2.63. The molecular formula is C26H20Br2N2O4S. The minimum Gasteiger partial charge on any atom is -0.490 e. The molecule has 178 valence electrons. The number of hydrogen-bond acceptors (Lipinski definition) is 5. The van der Waals surface area contributed by atoms with Gasteiger partial charge >= 0.3 is 0 Å². The summed E-state index contributed by atoms with van der Waals surface area (Å²) < 4.78 is 13.3. The number of hydrogen-bond donors (Lipinski definition) is 1. The predicted octanol–water partition coefficient (Wildman–Crippen LogP) is 6.02. The third-order valence-corrected chi connectivity index (χ3v) is 6.46. The van der Waals surface area contributed by atoms with Crippen LogP contribution in [-0.2, 0) is 16.2 Å². The van der Waals surface area contributed by atoms with Gasteiger partial charge in [0.05, 0.1) is 16.8 Å². The molecule has 4 rings (SSSR count). The Morgan fingerprint density at radius 1 is 1.00 bits per heavy atom. The lowest BCUT2D eigenvalue weighted by Gasteiger charge is -2.29. The standard InChI is InChI=1S/C26H20Br2N2O4S/c1-2-33-22-14-17(13-21(28)23(22)34-15-16-6-4-3-5-7-16)12-20-24(31)29-26(35)30(25(20)32)19-10-8-18(27)9-11-19/h3-14H,2,15H2,1H3,(H,29,31,35)/b20-12+. The number of rotatable bonds is 7. The zero-order valence-electron chi connectivity index (χ0n) is 18.6. The largest absolute Gasteiger partial charge is 0.490 e. The van der Waals surface area contributed by atoms with Gasteiger partial charge in [-0.25, -0.2) is 0 Å². The quantitative estimate of drug-likeness (QED) is 0.200. The first-order valence-electron chi connectivity index (χ1n) is 10.7. The zero-order chi connectivity index (χ0) is 24.9. The molecule has 0 bridgehead atoms. The monoisotopic (exact) mass is 614 g/mol. The van der Waals surface area contributed by atoms with Crippen molar-refractivity contribution in [2.75, 3.05) is 11.5 Å². The fraction of sp³-hybridized carbons (Fsp3) is 0.115. The van der Waals surface area contributed by atoms with Crippen molar-refractivity contribution in [2.45, 2.75) is 13.5 Å². The van der Waals surface area contributed by atoms with E-state index >= 15 is 0 Å². The highest BCUT2D eigenvalue weighted by Gasteiger charge is 2.34. The van der Waals surface area contributed by atoms with Gasteiger partial charge in [-0.2, -0.15) is 0 Å². The van der Waals surface area contributed by atoms with Gasteiger partial charge in [0.25, 0.3) is 11.8 Å². The van der Waals surface area contributed by atoms with Crippen molar-refractivity contribution in [3.8, 4) is 11.5 Å². The highest BCUT2D eigenvalue weighted by Crippen LogP contribution is 2.38. The molecule has 1 aliphatic heterocycles. The minimum absolute atomic E-state index is 0.0281. The summed E-state index contributed by atoms with van der Waals surface area (Å²) in [4.78, 5) is 27.3. The second kappa shape index (κ2) is 11.2. The summed E-state index contributed by atoms with van der Waals surface area (Å²) >= 11 is 12.2. The molecular weight excluding hydrogens is 596 g/mol. The average Bonchev–Trinajstić information content (AvgIpc) is 2.83. The van der Waals surface area contributed by atoms with Crippen LogP contribution in [0.4, 0.5) is 5.69 Å². The Kier molecular flexibility index (Phi) is 8.00. The van der Waals surface area contributed by atoms with Crippen LogP contribution < -0.4 is 19.7 Å². The summed E-state index contributed by atoms with van der Waals surface area (Å²) in [7, 11) is 0. The molecule has 1 heterocycles. The number of halogens is 2. The molecule has 0 aliphatic carbocycles. The van der Waals surface area contributed by atoms with Crippen LogP contribution in [0.3, 0.4) is 0 Å². The van der Waals surface area contributed by atoms with E-state index in [1.54, 1.807) is 36.4 Å². The minimum atomic E-state index is -0.563. The Morgan fingerprint density at radius 2 is 1.71 bits per heavy atom. The molecule has 0 atom stereocenters. The molecule has 6 nitrogen and oxygen atoms in total. The predicted molar refractivity (Wildman–Crippen MR) is 146 cm³/mol. The van der Waals surface area contributed by atoms with E-state index < -0.39 is 11.8 Å². The van der Waals surface area contributed by atoms with Gasteiger partial charge in [0, 0.05) is 4.47 Å². The van der Waals surface area contributed by atoms with Gasteiger partial charge in [-0.15, -0.1) is 0 Å². The van der Waals surface area contributed by atoms with Crippen LogP contribution >= 0.6 is 44.1 Å². The van der Waals surface area contributed by atoms with Gasteiger partial charge in [-0.05, 0) is 88.7 Å². The fourth-order valence-electron chi connectivity index (χ4n) is 3.45. The van der Waals surface area contributed by atoms with Crippen LogP contribution in [0.15, 0.2) is 81.2 Å². The van der Waals surface area contributed by atoms with E-state index in [-0.39, 0.29) is 10.7 Å². The van der Waals surface area contributed by atoms with Crippen molar-refractivity contribution >= 4 is 72.8 Å². The first-order chi connectivity index (χ1) is 16.9. The van der Waals surface area contributed by atoms with Gasteiger partial charge in [-0.3, -0.25) is 19.8 Å². The lowest BCUT2D eigenvalue weighted by molar-refractivity contribution is -0.122. The Bertz CT molecular complexity index is 1310. The van der Waals surface area contributed by atoms with Crippen molar-refractivity contribution in [2.24, 2.45) is 0 Å². The Hall–Kier alpha value is -3.01. The molecule has 0 aromatic heterocycles. The lowest BCUT2D eigenvalue weighted by atomic mass is 10.1. The average molecular weight is 616 g/mol. The first-order valence-corrected chi connectivity index (χ1v) is 12.7. The summed E-state index contributed by atoms with van der Waals surface area (Å²) in [6.07, 6.45) is 1.51. The second-order valence-corrected chi connectivity index (χ2v) is 9.63. The maximum absolute atomic E-state index is 13.3. The number of carbonyl (C=O) groups is 2. The summed E-state index contributed by atoms with van der Waals surface area (Å²) in [5.41, 5.74) is 2.11. The van der Waals surface area contributed by atoms with Gasteiger partial charge in [0.2, 0.25) is 0 Å². The van der Waals surface area contributed by atoms with E-state index in [0.717, 1.165) is 10.0 Å². The normalized spacial score (nSPS) is 14.8. The van der Waals surface area contributed by atoms with Crippen molar-refractivity contribution in [1.82, 2.24) is 5.32 Å². The summed E-state index contributed by atoms with van der Waals surface area (Å²) in [6.45, 7) is 2.65. The van der Waals surface area contributed by atoms with Crippen LogP contribution in [0.5, 0.6) is 11.5 Å². The van der Waals surface area contributed by atoms with E-state index in [2.05, 4.69) is 37.2 Å². The molecule has 2 amide bonds. The third kappa shape index (κ3) is 5.80. The second-order valence-electron chi connectivity index (χ2n) is 7.47. The van der Waals surface area contributed by atoms with Crippen molar-refractivity contribution in [1.29, 1.82) is 0 Å². The molecule has 0 unspecified atom stereocenters. The molecule has 3 aromatic rings. The number of benzene rings is 3. The van der Waals surface area contributed by atoms with Crippen LogP contribution in [0.1, 0.15) is 18.1 Å². The highest BCUT2D eigenvalue weighted by molar-refractivity contribution is 9.10. The molecule has 1 aliphatic rings. The highest BCUT2D eigenvalue weighted by atomic mass is 79.9. The molecule has 0 radical (unpaired) electrons. The smallest absolute Gasteiger partial charge is 0.270 e. The van der Waals surface area contributed by atoms with Crippen molar-refractivity contribution in [3.05, 3.63) is 92.4 Å². The number of carbonyl (C=O) groups excluding carboxylic acids is 2. The molecule has 9 heteroatoms. The number of ether oxygens (including phenoxy) is 2.